The van der Waals surface area contributed by atoms with E-state index in [1.54, 1.807) is 7.05 Å². The second kappa shape index (κ2) is 6.12. The zero-order chi connectivity index (χ0) is 15.7. The first-order valence-electron chi connectivity index (χ1n) is 7.88. The Morgan fingerprint density at radius 1 is 1.32 bits per heavy atom. The van der Waals surface area contributed by atoms with E-state index in [-0.39, 0.29) is 11.9 Å². The molecule has 3 aliphatic heterocycles. The van der Waals surface area contributed by atoms with Crippen LogP contribution in [0.25, 0.3) is 0 Å². The largest absolute Gasteiger partial charge is 0.378 e. The molecule has 8 heteroatoms. The molecule has 22 heavy (non-hydrogen) atoms. The number of unbranched alkanes of at least 4 members (excludes halogenated alkanes) is 1. The first kappa shape index (κ1) is 15.1. The number of guanidine groups is 1. The SMILES string of the molecule is CCCCN1C(N2CCOCC2)=NC2C1C(=O)NC(=O)N2C. The van der Waals surface area contributed by atoms with E-state index in [1.165, 1.54) is 4.90 Å². The van der Waals surface area contributed by atoms with E-state index in [0.717, 1.165) is 38.4 Å². The van der Waals surface area contributed by atoms with Crippen LogP contribution in [0.1, 0.15) is 19.8 Å². The molecule has 2 fully saturated rings. The van der Waals surface area contributed by atoms with E-state index in [0.29, 0.717) is 13.2 Å². The lowest BCUT2D eigenvalue weighted by molar-refractivity contribution is -0.127. The van der Waals surface area contributed by atoms with Gasteiger partial charge in [-0.3, -0.25) is 10.1 Å². The number of morpholine rings is 1. The number of urea groups is 1. The number of rotatable bonds is 3. The lowest BCUT2D eigenvalue weighted by atomic mass is 10.1. The van der Waals surface area contributed by atoms with E-state index >= 15 is 0 Å². The van der Waals surface area contributed by atoms with Gasteiger partial charge in [-0.1, -0.05) is 13.3 Å². The van der Waals surface area contributed by atoms with Crippen molar-refractivity contribution in [1.29, 1.82) is 0 Å². The highest BCUT2D eigenvalue weighted by molar-refractivity contribution is 6.03. The van der Waals surface area contributed by atoms with Crippen LogP contribution >= 0.6 is 0 Å². The van der Waals surface area contributed by atoms with E-state index < -0.39 is 12.2 Å². The van der Waals surface area contributed by atoms with Crippen molar-refractivity contribution in [3.8, 4) is 0 Å². The Labute approximate surface area is 130 Å². The third-order valence-electron chi connectivity index (χ3n) is 4.39. The van der Waals surface area contributed by atoms with Gasteiger partial charge in [0.15, 0.2) is 18.2 Å². The zero-order valence-electron chi connectivity index (χ0n) is 13.1. The molecule has 8 nitrogen and oxygen atoms in total. The molecule has 3 rings (SSSR count). The van der Waals surface area contributed by atoms with Crippen molar-refractivity contribution in [1.82, 2.24) is 20.0 Å². The number of ether oxygens (including phenoxy) is 1. The molecule has 0 aromatic rings. The molecule has 2 atom stereocenters. The van der Waals surface area contributed by atoms with Crippen LogP contribution in [-0.4, -0.2) is 84.7 Å². The molecule has 2 saturated heterocycles. The Balaban J connectivity index is 1.87. The van der Waals surface area contributed by atoms with Crippen molar-refractivity contribution in [2.75, 3.05) is 39.9 Å². The van der Waals surface area contributed by atoms with Gasteiger partial charge in [0.05, 0.1) is 13.2 Å². The monoisotopic (exact) mass is 309 g/mol. The van der Waals surface area contributed by atoms with Gasteiger partial charge in [-0.2, -0.15) is 0 Å². The highest BCUT2D eigenvalue weighted by Crippen LogP contribution is 2.26. The minimum Gasteiger partial charge on any atom is -0.378 e. The Bertz CT molecular complexity index is 489. The van der Waals surface area contributed by atoms with Crippen molar-refractivity contribution in [3.63, 3.8) is 0 Å². The lowest BCUT2D eigenvalue weighted by Gasteiger charge is -2.38. The number of hydrogen-bond acceptors (Lipinski definition) is 6. The molecule has 0 aromatic heterocycles. The number of carbonyl (C=O) groups is 2. The summed E-state index contributed by atoms with van der Waals surface area (Å²) in [7, 11) is 1.68. The smallest absolute Gasteiger partial charge is 0.325 e. The second-order valence-electron chi connectivity index (χ2n) is 5.84. The zero-order valence-corrected chi connectivity index (χ0v) is 13.1. The van der Waals surface area contributed by atoms with Crippen LogP contribution in [0.3, 0.4) is 0 Å². The fraction of sp³-hybridized carbons (Fsp3) is 0.786. The molecule has 0 radical (unpaired) electrons. The van der Waals surface area contributed by atoms with Gasteiger partial charge in [0.2, 0.25) is 0 Å². The molecule has 0 spiro atoms. The van der Waals surface area contributed by atoms with E-state index in [9.17, 15) is 9.59 Å². The maximum Gasteiger partial charge on any atom is 0.325 e. The van der Waals surface area contributed by atoms with Gasteiger partial charge in [0.1, 0.15) is 0 Å². The predicted molar refractivity (Wildman–Crippen MR) is 80.3 cm³/mol. The van der Waals surface area contributed by atoms with E-state index in [4.69, 9.17) is 9.73 Å². The maximum absolute atomic E-state index is 12.3. The molecule has 0 aromatic carbocycles. The van der Waals surface area contributed by atoms with Crippen molar-refractivity contribution < 1.29 is 14.3 Å². The van der Waals surface area contributed by atoms with Crippen LogP contribution in [0.2, 0.25) is 0 Å². The lowest BCUT2D eigenvalue weighted by Crippen LogP contribution is -2.64. The van der Waals surface area contributed by atoms with Gasteiger partial charge in [-0.15, -0.1) is 0 Å². The van der Waals surface area contributed by atoms with Crippen LogP contribution in [0.4, 0.5) is 4.79 Å². The fourth-order valence-electron chi connectivity index (χ4n) is 3.11. The molecule has 122 valence electrons. The van der Waals surface area contributed by atoms with Gasteiger partial charge in [0.25, 0.3) is 5.91 Å². The topological polar surface area (TPSA) is 77.5 Å². The molecule has 0 aliphatic carbocycles. The summed E-state index contributed by atoms with van der Waals surface area (Å²) in [6.07, 6.45) is 1.59. The summed E-state index contributed by atoms with van der Waals surface area (Å²) in [5.74, 6) is 0.569. The minimum absolute atomic E-state index is 0.254. The molecular weight excluding hydrogens is 286 g/mol. The summed E-state index contributed by atoms with van der Waals surface area (Å²) in [6.45, 7) is 5.74. The number of amides is 3. The van der Waals surface area contributed by atoms with Crippen LogP contribution in [0, 0.1) is 0 Å². The third kappa shape index (κ3) is 2.51. The number of nitrogens with zero attached hydrogens (tertiary/aromatic N) is 4. The number of likely N-dealkylation sites (N-methyl/N-ethyl adjacent to an activating group) is 1. The van der Waals surface area contributed by atoms with Crippen LogP contribution in [0.5, 0.6) is 0 Å². The van der Waals surface area contributed by atoms with E-state index in [1.807, 2.05) is 0 Å². The molecular formula is C14H23N5O3. The first-order chi connectivity index (χ1) is 10.6. The van der Waals surface area contributed by atoms with Crippen molar-refractivity contribution in [2.45, 2.75) is 32.0 Å². The predicted octanol–water partition coefficient (Wildman–Crippen LogP) is -0.333. The molecule has 3 aliphatic rings. The van der Waals surface area contributed by atoms with Crippen molar-refractivity contribution >= 4 is 17.9 Å². The summed E-state index contributed by atoms with van der Waals surface area (Å²) in [5, 5.41) is 2.42. The summed E-state index contributed by atoms with van der Waals surface area (Å²) in [5.41, 5.74) is 0. The molecule has 3 heterocycles. The quantitative estimate of drug-likeness (QED) is 0.772. The van der Waals surface area contributed by atoms with Crippen molar-refractivity contribution in [2.24, 2.45) is 4.99 Å². The third-order valence-corrected chi connectivity index (χ3v) is 4.39. The van der Waals surface area contributed by atoms with Crippen LogP contribution in [-0.2, 0) is 9.53 Å². The normalized spacial score (nSPS) is 28.6. The Morgan fingerprint density at radius 3 is 2.73 bits per heavy atom. The van der Waals surface area contributed by atoms with Crippen LogP contribution < -0.4 is 5.32 Å². The number of hydrogen-bond donors (Lipinski definition) is 1. The highest BCUT2D eigenvalue weighted by atomic mass is 16.5. The molecule has 2 unspecified atom stereocenters. The Morgan fingerprint density at radius 2 is 2.05 bits per heavy atom. The minimum atomic E-state index is -0.434. The maximum atomic E-state index is 12.3. The Kier molecular flexibility index (Phi) is 4.19. The van der Waals surface area contributed by atoms with Gasteiger partial charge >= 0.3 is 6.03 Å². The van der Waals surface area contributed by atoms with Crippen LogP contribution in [0.15, 0.2) is 4.99 Å². The number of fused-ring (bicyclic) bond motifs is 1. The number of carbonyl (C=O) groups excluding carboxylic acids is 2. The molecule has 0 bridgehead atoms. The fourth-order valence-corrected chi connectivity index (χ4v) is 3.11. The number of nitrogens with one attached hydrogen (secondary N) is 1. The Hall–Kier alpha value is -1.83. The van der Waals surface area contributed by atoms with Gasteiger partial charge < -0.3 is 19.4 Å². The number of imide groups is 1. The average Bonchev–Trinajstić information content (AvgIpc) is 2.91. The molecule has 1 N–H and O–H groups in total. The van der Waals surface area contributed by atoms with Gasteiger partial charge in [0, 0.05) is 26.7 Å². The summed E-state index contributed by atoms with van der Waals surface area (Å²) in [6, 6.07) is -0.805. The van der Waals surface area contributed by atoms with Gasteiger partial charge in [-0.05, 0) is 6.42 Å². The highest BCUT2D eigenvalue weighted by Gasteiger charge is 2.49. The standard InChI is InChI=1S/C14H23N5O3/c1-3-4-5-19-10-11(17(2)14(21)16-12(10)20)15-13(19)18-6-8-22-9-7-18/h10-11H,3-9H2,1-2H3,(H,16,20,21). The second-order valence-corrected chi connectivity index (χ2v) is 5.84. The summed E-state index contributed by atoms with van der Waals surface area (Å²) >= 11 is 0. The van der Waals surface area contributed by atoms with Crippen molar-refractivity contribution in [3.05, 3.63) is 0 Å². The molecule has 3 amide bonds. The van der Waals surface area contributed by atoms with E-state index in [2.05, 4.69) is 22.0 Å². The summed E-state index contributed by atoms with van der Waals surface area (Å²) in [4.78, 5) is 34.6. The van der Waals surface area contributed by atoms with Gasteiger partial charge in [-0.25, -0.2) is 9.79 Å². The average molecular weight is 309 g/mol. The number of aliphatic imine (C=N–C) groups is 1. The summed E-state index contributed by atoms with van der Waals surface area (Å²) < 4.78 is 5.39. The first-order valence-corrected chi connectivity index (χ1v) is 7.88. The molecule has 0 saturated carbocycles.